The Bertz CT molecular complexity index is 1290. The van der Waals surface area contributed by atoms with Gasteiger partial charge in [0.2, 0.25) is 5.78 Å². The number of rotatable bonds is 6. The van der Waals surface area contributed by atoms with E-state index in [2.05, 4.69) is 0 Å². The molecule has 0 amide bonds. The van der Waals surface area contributed by atoms with E-state index in [1.54, 1.807) is 37.3 Å². The molecule has 196 valence electrons. The van der Waals surface area contributed by atoms with Gasteiger partial charge in [0, 0.05) is 22.7 Å². The van der Waals surface area contributed by atoms with Gasteiger partial charge in [-0.1, -0.05) is 23.7 Å². The molecule has 37 heavy (non-hydrogen) atoms. The highest BCUT2D eigenvalue weighted by Gasteiger charge is 2.34. The van der Waals surface area contributed by atoms with Gasteiger partial charge in [-0.15, -0.1) is 12.4 Å². The number of esters is 1. The molecule has 0 unspecified atom stereocenters. The van der Waals surface area contributed by atoms with Crippen LogP contribution < -0.4 is 4.74 Å². The van der Waals surface area contributed by atoms with Crippen molar-refractivity contribution in [2.24, 2.45) is 0 Å². The highest BCUT2D eigenvalue weighted by molar-refractivity contribution is 6.31. The maximum absolute atomic E-state index is 12.3. The van der Waals surface area contributed by atoms with Crippen molar-refractivity contribution in [2.75, 3.05) is 33.9 Å². The number of aromatic hydroxyl groups is 2. The van der Waals surface area contributed by atoms with Crippen molar-refractivity contribution in [1.29, 1.82) is 0 Å². The van der Waals surface area contributed by atoms with Gasteiger partial charge in [0.05, 0.1) is 11.1 Å². The normalized spacial score (nSPS) is 11.5. The molecule has 0 heterocycles. The number of phenolic OH excluding ortho intramolecular Hbond substituents is 2. The predicted molar refractivity (Wildman–Crippen MR) is 142 cm³/mol. The average molecular weight is 548 g/mol. The molecule has 0 aliphatic heterocycles. The SMILES string of the molecule is CN(C)CCOC(=O)COc1ccc(Cl)cc1.Cc1cc(O)c2c(c1)C(=O)c1cccc(O)c1C2=O.Cl. The van der Waals surface area contributed by atoms with Gasteiger partial charge in [0.1, 0.15) is 23.9 Å². The molecule has 0 radical (unpaired) electrons. The van der Waals surface area contributed by atoms with Crippen LogP contribution in [0.25, 0.3) is 0 Å². The van der Waals surface area contributed by atoms with Gasteiger partial charge in [-0.3, -0.25) is 9.59 Å². The van der Waals surface area contributed by atoms with Crippen LogP contribution in [0.3, 0.4) is 0 Å². The zero-order chi connectivity index (χ0) is 26.4. The van der Waals surface area contributed by atoms with Crippen LogP contribution in [0, 0.1) is 6.92 Å². The molecule has 0 fully saturated rings. The number of carbonyl (C=O) groups excluding carboxylic acids is 3. The van der Waals surface area contributed by atoms with E-state index in [4.69, 9.17) is 21.1 Å². The molecule has 0 spiro atoms. The smallest absolute Gasteiger partial charge is 0.344 e. The van der Waals surface area contributed by atoms with Crippen LogP contribution in [-0.2, 0) is 9.53 Å². The van der Waals surface area contributed by atoms with Crippen molar-refractivity contribution in [3.05, 3.63) is 87.4 Å². The minimum atomic E-state index is -0.528. The van der Waals surface area contributed by atoms with Crippen molar-refractivity contribution in [3.8, 4) is 17.2 Å². The van der Waals surface area contributed by atoms with Crippen LogP contribution in [0.2, 0.25) is 5.02 Å². The Kier molecular flexibility index (Phi) is 10.5. The van der Waals surface area contributed by atoms with Gasteiger partial charge in [-0.05, 0) is 69.0 Å². The highest BCUT2D eigenvalue weighted by Crippen LogP contribution is 2.36. The number of nitrogens with zero attached hydrogens (tertiary/aromatic N) is 1. The number of ketones is 2. The zero-order valence-electron chi connectivity index (χ0n) is 20.5. The van der Waals surface area contributed by atoms with Crippen molar-refractivity contribution >= 4 is 41.5 Å². The number of fused-ring (bicyclic) bond motifs is 2. The molecule has 0 atom stereocenters. The maximum atomic E-state index is 12.3. The largest absolute Gasteiger partial charge is 0.507 e. The van der Waals surface area contributed by atoms with Crippen LogP contribution >= 0.6 is 24.0 Å². The number of hydrogen-bond donors (Lipinski definition) is 2. The van der Waals surface area contributed by atoms with E-state index < -0.39 is 5.78 Å². The summed E-state index contributed by atoms with van der Waals surface area (Å²) in [7, 11) is 3.83. The third-order valence-corrected chi connectivity index (χ3v) is 5.47. The summed E-state index contributed by atoms with van der Waals surface area (Å²) < 4.78 is 10.2. The molecule has 0 aromatic heterocycles. The second kappa shape index (κ2) is 13.1. The van der Waals surface area contributed by atoms with E-state index in [9.17, 15) is 24.6 Å². The fraction of sp³-hybridized carbons (Fsp3) is 0.222. The van der Waals surface area contributed by atoms with Gasteiger partial charge in [0.25, 0.3) is 0 Å². The van der Waals surface area contributed by atoms with Crippen LogP contribution in [-0.4, -0.2) is 66.5 Å². The molecule has 0 saturated carbocycles. The molecule has 10 heteroatoms. The lowest BCUT2D eigenvalue weighted by Gasteiger charge is -2.19. The second-order valence-electron chi connectivity index (χ2n) is 8.33. The third kappa shape index (κ3) is 7.45. The Balaban J connectivity index is 0.000000255. The first-order valence-electron chi connectivity index (χ1n) is 11.0. The zero-order valence-corrected chi connectivity index (χ0v) is 22.1. The number of halogens is 2. The molecular formula is C27H27Cl2NO7. The number of likely N-dealkylation sites (N-methyl/N-ethyl adjacent to an activating group) is 1. The van der Waals surface area contributed by atoms with E-state index in [0.717, 1.165) is 0 Å². The summed E-state index contributed by atoms with van der Waals surface area (Å²) in [4.78, 5) is 37.9. The van der Waals surface area contributed by atoms with Gasteiger partial charge >= 0.3 is 5.97 Å². The Morgan fingerprint density at radius 1 is 0.919 bits per heavy atom. The molecule has 8 nitrogen and oxygen atoms in total. The molecule has 0 bridgehead atoms. The summed E-state index contributed by atoms with van der Waals surface area (Å²) in [6.45, 7) is 2.72. The third-order valence-electron chi connectivity index (χ3n) is 5.22. The van der Waals surface area contributed by atoms with E-state index >= 15 is 0 Å². The second-order valence-corrected chi connectivity index (χ2v) is 8.77. The lowest BCUT2D eigenvalue weighted by Crippen LogP contribution is -2.22. The summed E-state index contributed by atoms with van der Waals surface area (Å²) in [5.41, 5.74) is 0.966. The van der Waals surface area contributed by atoms with Crippen LogP contribution in [0.5, 0.6) is 17.2 Å². The number of aryl methyl sites for hydroxylation is 1. The van der Waals surface area contributed by atoms with Gasteiger partial charge in [-0.2, -0.15) is 0 Å². The standard InChI is InChI=1S/C15H10O4.C12H16ClNO3.ClH/c1-7-5-9-13(11(17)6-7)15(19)12-8(14(9)18)3-2-4-10(12)16;1-14(2)7-8-16-12(15)9-17-11-5-3-10(13)4-6-11;/h2-6,16-17H,1H3;3-6H,7-9H2,1-2H3;1H. The molecule has 3 aromatic carbocycles. The minimum Gasteiger partial charge on any atom is -0.507 e. The van der Waals surface area contributed by atoms with Crippen LogP contribution in [0.15, 0.2) is 54.6 Å². The van der Waals surface area contributed by atoms with E-state index in [0.29, 0.717) is 29.5 Å². The van der Waals surface area contributed by atoms with E-state index in [1.165, 1.54) is 24.3 Å². The number of phenols is 2. The molecule has 1 aliphatic carbocycles. The number of benzene rings is 3. The first-order chi connectivity index (χ1) is 17.1. The number of carbonyl (C=O) groups is 3. The number of ether oxygens (including phenoxy) is 2. The highest BCUT2D eigenvalue weighted by atomic mass is 35.5. The van der Waals surface area contributed by atoms with Gasteiger partial charge < -0.3 is 24.6 Å². The van der Waals surface area contributed by atoms with Gasteiger partial charge in [-0.25, -0.2) is 4.79 Å². The van der Waals surface area contributed by atoms with Crippen LogP contribution in [0.1, 0.15) is 37.4 Å². The minimum absolute atomic E-state index is 0. The van der Waals surface area contributed by atoms with Crippen molar-refractivity contribution < 1.29 is 34.1 Å². The topological polar surface area (TPSA) is 113 Å². The predicted octanol–water partition coefficient (Wildman–Crippen LogP) is 4.43. The van der Waals surface area contributed by atoms with Gasteiger partial charge in [0.15, 0.2) is 12.4 Å². The van der Waals surface area contributed by atoms with E-state index in [-0.39, 0.29) is 64.5 Å². The molecule has 1 aliphatic rings. The average Bonchev–Trinajstić information content (AvgIpc) is 2.82. The lowest BCUT2D eigenvalue weighted by molar-refractivity contribution is -0.146. The maximum Gasteiger partial charge on any atom is 0.344 e. The van der Waals surface area contributed by atoms with Crippen molar-refractivity contribution in [3.63, 3.8) is 0 Å². The number of hydrogen-bond acceptors (Lipinski definition) is 8. The fourth-order valence-electron chi connectivity index (χ4n) is 3.48. The van der Waals surface area contributed by atoms with Crippen molar-refractivity contribution in [1.82, 2.24) is 4.90 Å². The first kappa shape index (κ1) is 29.6. The molecular weight excluding hydrogens is 521 g/mol. The monoisotopic (exact) mass is 547 g/mol. The summed E-state index contributed by atoms with van der Waals surface area (Å²) >= 11 is 5.72. The molecule has 0 saturated heterocycles. The Morgan fingerprint density at radius 3 is 2.22 bits per heavy atom. The summed E-state index contributed by atoms with van der Waals surface area (Å²) in [6.07, 6.45) is 0. The quantitative estimate of drug-likeness (QED) is 0.341. The summed E-state index contributed by atoms with van der Waals surface area (Å²) in [5.74, 6) is -1.15. The Labute approximate surface area is 225 Å². The van der Waals surface area contributed by atoms with E-state index in [1.807, 2.05) is 19.0 Å². The van der Waals surface area contributed by atoms with Crippen LogP contribution in [0.4, 0.5) is 0 Å². The Hall–Kier alpha value is -3.59. The first-order valence-corrected chi connectivity index (χ1v) is 11.4. The summed E-state index contributed by atoms with van der Waals surface area (Å²) in [6, 6.07) is 14.2. The molecule has 4 rings (SSSR count). The van der Waals surface area contributed by atoms with Crippen molar-refractivity contribution in [2.45, 2.75) is 6.92 Å². The summed E-state index contributed by atoms with van der Waals surface area (Å²) in [5, 5.41) is 20.3. The molecule has 3 aromatic rings. The fourth-order valence-corrected chi connectivity index (χ4v) is 3.61. The Morgan fingerprint density at radius 2 is 1.57 bits per heavy atom. The lowest BCUT2D eigenvalue weighted by atomic mass is 9.82. The molecule has 2 N–H and O–H groups in total.